The molecule has 0 aliphatic carbocycles. The van der Waals surface area contributed by atoms with E-state index < -0.39 is 12.6 Å². The van der Waals surface area contributed by atoms with Crippen LogP contribution in [0.4, 0.5) is 13.2 Å². The van der Waals surface area contributed by atoms with Gasteiger partial charge in [0.25, 0.3) is 0 Å². The molecule has 0 rings (SSSR count). The minimum absolute atomic E-state index is 0.245. The van der Waals surface area contributed by atoms with Crippen molar-refractivity contribution in [2.24, 2.45) is 0 Å². The van der Waals surface area contributed by atoms with Gasteiger partial charge in [0.15, 0.2) is 0 Å². The fraction of sp³-hybridized carbons (Fsp3) is 1.00. The second-order valence-electron chi connectivity index (χ2n) is 6.00. The van der Waals surface area contributed by atoms with Crippen LogP contribution in [0.1, 0.15) is 90.4 Å². The molecule has 0 saturated carbocycles. The largest absolute Gasteiger partial charge is 0.389 e. The molecule has 0 spiro atoms. The Bertz CT molecular complexity index is 205. The molecule has 0 radical (unpaired) electrons. The fourth-order valence-electron chi connectivity index (χ4n) is 2.44. The van der Waals surface area contributed by atoms with E-state index in [2.05, 4.69) is 12.2 Å². The van der Waals surface area contributed by atoms with E-state index in [1.54, 1.807) is 0 Å². The number of hydrogen-bond acceptors (Lipinski definition) is 1. The minimum atomic E-state index is -3.99. The average Bonchev–Trinajstić information content (AvgIpc) is 2.42. The predicted octanol–water partition coefficient (Wildman–Crippen LogP) is 6.23. The molecule has 0 unspecified atom stereocenters. The summed E-state index contributed by atoms with van der Waals surface area (Å²) in [6.07, 6.45) is 9.42. The molecule has 0 fully saturated rings. The molecule has 0 saturated heterocycles. The first-order valence-electron chi connectivity index (χ1n) is 8.83. The lowest BCUT2D eigenvalue weighted by Crippen LogP contribution is -2.17. The van der Waals surface area contributed by atoms with Gasteiger partial charge in [0.2, 0.25) is 0 Å². The highest BCUT2D eigenvalue weighted by Gasteiger charge is 2.25. The van der Waals surface area contributed by atoms with Crippen LogP contribution in [-0.2, 0) is 0 Å². The second kappa shape index (κ2) is 14.7. The maximum Gasteiger partial charge on any atom is 0.389 e. The number of hydrogen-bond donors (Lipinski definition) is 1. The van der Waals surface area contributed by atoms with Crippen molar-refractivity contribution in [2.75, 3.05) is 13.1 Å². The SMILES string of the molecule is CCCCCCCCCCCCNCCCCC(F)(F)F. The third kappa shape index (κ3) is 19.8. The van der Waals surface area contributed by atoms with E-state index in [1.165, 1.54) is 57.8 Å². The normalized spacial score (nSPS) is 12.0. The van der Waals surface area contributed by atoms with Crippen LogP contribution < -0.4 is 5.32 Å². The molecule has 0 aliphatic heterocycles. The standard InChI is InChI=1S/C17H34F3N/c1-2-3-4-5-6-7-8-9-10-12-15-21-16-13-11-14-17(18,19)20/h21H,2-16H2,1H3. The number of nitrogens with one attached hydrogen (secondary N) is 1. The van der Waals surface area contributed by atoms with Gasteiger partial charge in [0, 0.05) is 6.42 Å². The molecule has 4 heteroatoms. The van der Waals surface area contributed by atoms with Crippen LogP contribution in [0.2, 0.25) is 0 Å². The summed E-state index contributed by atoms with van der Waals surface area (Å²) in [6, 6.07) is 0. The Morgan fingerprint density at radius 2 is 1.05 bits per heavy atom. The van der Waals surface area contributed by atoms with Crippen molar-refractivity contribution in [3.8, 4) is 0 Å². The van der Waals surface area contributed by atoms with Crippen LogP contribution in [0.3, 0.4) is 0 Å². The van der Waals surface area contributed by atoms with Crippen molar-refractivity contribution < 1.29 is 13.2 Å². The van der Waals surface area contributed by atoms with E-state index in [9.17, 15) is 13.2 Å². The summed E-state index contributed by atoms with van der Waals surface area (Å²) in [6.45, 7) is 3.90. The number of halogens is 3. The quantitative estimate of drug-likeness (QED) is 0.354. The summed E-state index contributed by atoms with van der Waals surface area (Å²) < 4.78 is 35.7. The van der Waals surface area contributed by atoms with Crippen molar-refractivity contribution in [2.45, 2.75) is 96.6 Å². The molecular formula is C17H34F3N. The molecule has 128 valence electrons. The smallest absolute Gasteiger partial charge is 0.317 e. The summed E-state index contributed by atoms with van der Waals surface area (Å²) in [5.41, 5.74) is 0. The molecule has 0 bridgehead atoms. The van der Waals surface area contributed by atoms with Gasteiger partial charge in [-0.3, -0.25) is 0 Å². The third-order valence-electron chi connectivity index (χ3n) is 3.77. The fourth-order valence-corrected chi connectivity index (χ4v) is 2.44. The molecule has 0 atom stereocenters. The molecule has 0 aromatic heterocycles. The Kier molecular flexibility index (Phi) is 14.5. The van der Waals surface area contributed by atoms with Crippen molar-refractivity contribution in [3.05, 3.63) is 0 Å². The van der Waals surface area contributed by atoms with Crippen molar-refractivity contribution in [1.82, 2.24) is 5.32 Å². The van der Waals surface area contributed by atoms with Gasteiger partial charge in [0.05, 0.1) is 0 Å². The minimum Gasteiger partial charge on any atom is -0.317 e. The van der Waals surface area contributed by atoms with E-state index in [0.717, 1.165) is 13.0 Å². The first-order valence-corrected chi connectivity index (χ1v) is 8.83. The highest BCUT2D eigenvalue weighted by atomic mass is 19.4. The van der Waals surface area contributed by atoms with Crippen LogP contribution in [-0.4, -0.2) is 19.3 Å². The van der Waals surface area contributed by atoms with Crippen LogP contribution in [0.5, 0.6) is 0 Å². The van der Waals surface area contributed by atoms with Gasteiger partial charge in [-0.25, -0.2) is 0 Å². The molecule has 0 amide bonds. The lowest BCUT2D eigenvalue weighted by molar-refractivity contribution is -0.135. The maximum atomic E-state index is 11.9. The van der Waals surface area contributed by atoms with Crippen molar-refractivity contribution in [3.63, 3.8) is 0 Å². The summed E-state index contributed by atoms with van der Waals surface area (Å²) in [5, 5.41) is 3.23. The van der Waals surface area contributed by atoms with E-state index in [-0.39, 0.29) is 6.42 Å². The van der Waals surface area contributed by atoms with E-state index in [1.807, 2.05) is 0 Å². The molecular weight excluding hydrogens is 275 g/mol. The highest BCUT2D eigenvalue weighted by Crippen LogP contribution is 2.21. The Labute approximate surface area is 129 Å². The van der Waals surface area contributed by atoms with Crippen molar-refractivity contribution in [1.29, 1.82) is 0 Å². The summed E-state index contributed by atoms with van der Waals surface area (Å²) in [4.78, 5) is 0. The topological polar surface area (TPSA) is 12.0 Å². The maximum absolute atomic E-state index is 11.9. The first kappa shape index (κ1) is 20.8. The Morgan fingerprint density at radius 1 is 0.619 bits per heavy atom. The molecule has 0 heterocycles. The lowest BCUT2D eigenvalue weighted by atomic mass is 10.1. The summed E-state index contributed by atoms with van der Waals surface area (Å²) >= 11 is 0. The Morgan fingerprint density at radius 3 is 1.52 bits per heavy atom. The van der Waals surface area contributed by atoms with E-state index in [4.69, 9.17) is 0 Å². The van der Waals surface area contributed by atoms with Gasteiger partial charge in [-0.05, 0) is 32.4 Å². The van der Waals surface area contributed by atoms with Crippen LogP contribution in [0, 0.1) is 0 Å². The van der Waals surface area contributed by atoms with Gasteiger partial charge < -0.3 is 5.32 Å². The second-order valence-corrected chi connectivity index (χ2v) is 6.00. The van der Waals surface area contributed by atoms with Gasteiger partial charge in [-0.15, -0.1) is 0 Å². The van der Waals surface area contributed by atoms with Gasteiger partial charge in [0.1, 0.15) is 0 Å². The zero-order valence-electron chi connectivity index (χ0n) is 13.7. The highest BCUT2D eigenvalue weighted by molar-refractivity contribution is 4.54. The lowest BCUT2D eigenvalue weighted by Gasteiger charge is -2.07. The monoisotopic (exact) mass is 309 g/mol. The number of rotatable bonds is 15. The molecule has 1 N–H and O–H groups in total. The van der Waals surface area contributed by atoms with Gasteiger partial charge in [-0.2, -0.15) is 13.2 Å². The predicted molar refractivity (Wildman–Crippen MR) is 84.6 cm³/mol. The molecule has 0 aliphatic rings. The zero-order valence-corrected chi connectivity index (χ0v) is 13.7. The molecule has 0 aromatic rings. The van der Waals surface area contributed by atoms with Crippen molar-refractivity contribution >= 4 is 0 Å². The molecule has 0 aromatic carbocycles. The van der Waals surface area contributed by atoms with E-state index in [0.29, 0.717) is 13.0 Å². The van der Waals surface area contributed by atoms with E-state index >= 15 is 0 Å². The Hall–Kier alpha value is -0.250. The van der Waals surface area contributed by atoms with Gasteiger partial charge >= 0.3 is 6.18 Å². The zero-order chi connectivity index (χ0) is 15.8. The first-order chi connectivity index (χ1) is 10.1. The number of alkyl halides is 3. The Balaban J connectivity index is 3.00. The van der Waals surface area contributed by atoms with Crippen LogP contribution in [0.15, 0.2) is 0 Å². The average molecular weight is 309 g/mol. The number of unbranched alkanes of at least 4 members (excludes halogenated alkanes) is 10. The third-order valence-corrected chi connectivity index (χ3v) is 3.77. The summed E-state index contributed by atoms with van der Waals surface area (Å²) in [7, 11) is 0. The molecule has 21 heavy (non-hydrogen) atoms. The summed E-state index contributed by atoms with van der Waals surface area (Å²) in [5.74, 6) is 0. The van der Waals surface area contributed by atoms with Crippen LogP contribution >= 0.6 is 0 Å². The van der Waals surface area contributed by atoms with Crippen LogP contribution in [0.25, 0.3) is 0 Å². The van der Waals surface area contributed by atoms with Gasteiger partial charge in [-0.1, -0.05) is 64.7 Å². The molecule has 1 nitrogen and oxygen atoms in total.